The van der Waals surface area contributed by atoms with E-state index in [1.54, 1.807) is 21.0 Å². The first-order chi connectivity index (χ1) is 17.4. The van der Waals surface area contributed by atoms with E-state index in [0.717, 1.165) is 74.0 Å². The average molecular weight is 517 g/mol. The fourth-order valence-corrected chi connectivity index (χ4v) is 10.0. The Kier molecular flexibility index (Phi) is 7.30. The summed E-state index contributed by atoms with van der Waals surface area (Å²) in [6.45, 7) is 7.05. The second-order valence-electron chi connectivity index (χ2n) is 14.6. The predicted molar refractivity (Wildman–Crippen MR) is 139 cm³/mol. The van der Waals surface area contributed by atoms with Gasteiger partial charge in [0.05, 0.1) is 10.8 Å². The molecule has 6 heteroatoms. The summed E-state index contributed by atoms with van der Waals surface area (Å²) in [6.07, 6.45) is 14.2. The monoisotopic (exact) mass is 516 g/mol. The van der Waals surface area contributed by atoms with Crippen LogP contribution in [0.5, 0.6) is 0 Å². The van der Waals surface area contributed by atoms with Gasteiger partial charge in [0.25, 0.3) is 0 Å². The fraction of sp³-hybridized carbons (Fsp3) is 0.903. The highest BCUT2D eigenvalue weighted by molar-refractivity contribution is 5.80. The van der Waals surface area contributed by atoms with Crippen molar-refractivity contribution in [2.75, 3.05) is 7.11 Å². The van der Waals surface area contributed by atoms with Crippen molar-refractivity contribution < 1.29 is 28.6 Å². The second-order valence-corrected chi connectivity index (χ2v) is 14.6. The number of methoxy groups -OCH3 is 1. The first-order valence-corrected chi connectivity index (χ1v) is 14.9. The number of Topliss-reactive ketones (excluding diaryl/α,β-unsaturated/α-hetero) is 1. The van der Waals surface area contributed by atoms with Crippen molar-refractivity contribution in [2.45, 2.75) is 123 Å². The molecule has 0 aromatic rings. The summed E-state index contributed by atoms with van der Waals surface area (Å²) in [6, 6.07) is 0. The maximum atomic E-state index is 12.8. The molecule has 8 bridgehead atoms. The van der Waals surface area contributed by atoms with Crippen molar-refractivity contribution >= 4 is 17.7 Å². The van der Waals surface area contributed by atoms with Gasteiger partial charge in [-0.3, -0.25) is 14.4 Å². The number of hydrogen-bond donors (Lipinski definition) is 0. The van der Waals surface area contributed by atoms with Gasteiger partial charge in [-0.25, -0.2) is 0 Å². The van der Waals surface area contributed by atoms with Crippen LogP contribution >= 0.6 is 0 Å². The zero-order valence-electron chi connectivity index (χ0n) is 23.7. The number of ketones is 1. The molecule has 8 saturated carbocycles. The van der Waals surface area contributed by atoms with E-state index >= 15 is 0 Å². The minimum atomic E-state index is -0.660. The van der Waals surface area contributed by atoms with E-state index in [4.69, 9.17) is 14.2 Å². The third-order valence-electron chi connectivity index (χ3n) is 10.6. The molecule has 0 aromatic heterocycles. The molecule has 0 amide bonds. The van der Waals surface area contributed by atoms with Crippen LogP contribution in [0, 0.1) is 46.3 Å². The molecule has 1 atom stereocenters. The molecule has 0 radical (unpaired) electrons. The lowest BCUT2D eigenvalue weighted by Crippen LogP contribution is -2.52. The summed E-state index contributed by atoms with van der Waals surface area (Å²) in [7, 11) is 1.58. The SMILES string of the molecule is CC(=O)CC(C)(C)OC(=O)C12CC3CC(CC(C3)C1)C2.COC(C)OC(=O)C12CC3CC(CC(C3)C1)C2. The molecule has 0 spiro atoms. The number of carbonyl (C=O) groups is 3. The number of carbonyl (C=O) groups excluding carboxylic acids is 3. The molecular weight excluding hydrogens is 468 g/mol. The Morgan fingerprint density at radius 3 is 1.41 bits per heavy atom. The molecule has 0 N–H and O–H groups in total. The smallest absolute Gasteiger partial charge is 0.314 e. The average Bonchev–Trinajstić information content (AvgIpc) is 2.76. The Balaban J connectivity index is 0.000000153. The standard InChI is InChI=1S/C17H26O3.C14H22O3/c1-11(18)7-16(2,3)20-15(19)17-8-12-4-13(9-17)6-14(5-12)10-17;1-9(16-2)17-13(15)14-6-10-3-11(7-14)5-12(4-10)8-14/h12-14H,4-10H2,1-3H3;9-12H,3-8H2,1-2H3. The molecule has 8 rings (SSSR count). The lowest BCUT2D eigenvalue weighted by Gasteiger charge is -2.55. The van der Waals surface area contributed by atoms with Gasteiger partial charge in [-0.2, -0.15) is 0 Å². The molecule has 1 unspecified atom stereocenters. The molecule has 8 aliphatic carbocycles. The van der Waals surface area contributed by atoms with Gasteiger partial charge in [-0.15, -0.1) is 0 Å². The van der Waals surface area contributed by atoms with Gasteiger partial charge in [0.15, 0.2) is 6.29 Å². The molecule has 8 fully saturated rings. The Bertz CT molecular complexity index is 833. The lowest BCUT2D eigenvalue weighted by molar-refractivity contribution is -0.195. The number of ether oxygens (including phenoxy) is 3. The third kappa shape index (κ3) is 5.65. The normalized spacial score (nSPS) is 41.5. The Hall–Kier alpha value is -1.43. The van der Waals surface area contributed by atoms with E-state index in [2.05, 4.69) is 0 Å². The molecular formula is C31H48O6. The van der Waals surface area contributed by atoms with Crippen LogP contribution in [-0.4, -0.2) is 36.7 Å². The van der Waals surface area contributed by atoms with Gasteiger partial charge < -0.3 is 14.2 Å². The highest BCUT2D eigenvalue weighted by Crippen LogP contribution is 2.61. The number of hydrogen-bond acceptors (Lipinski definition) is 6. The second kappa shape index (κ2) is 9.95. The molecule has 37 heavy (non-hydrogen) atoms. The Labute approximate surface area is 222 Å². The molecule has 0 heterocycles. The van der Waals surface area contributed by atoms with Crippen LogP contribution in [0.1, 0.15) is 111 Å². The van der Waals surface area contributed by atoms with Gasteiger partial charge in [0.1, 0.15) is 11.4 Å². The summed E-state index contributed by atoms with van der Waals surface area (Å²) in [5.74, 6) is 4.63. The summed E-state index contributed by atoms with van der Waals surface area (Å²) >= 11 is 0. The van der Waals surface area contributed by atoms with E-state index in [1.807, 2.05) is 13.8 Å². The van der Waals surface area contributed by atoms with Crippen LogP contribution in [0.2, 0.25) is 0 Å². The summed E-state index contributed by atoms with van der Waals surface area (Å²) in [5.41, 5.74) is -1.03. The highest BCUT2D eigenvalue weighted by Gasteiger charge is 2.57. The van der Waals surface area contributed by atoms with Gasteiger partial charge >= 0.3 is 11.9 Å². The van der Waals surface area contributed by atoms with Crippen molar-refractivity contribution in [1.29, 1.82) is 0 Å². The maximum absolute atomic E-state index is 12.8. The van der Waals surface area contributed by atoms with Crippen molar-refractivity contribution in [3.05, 3.63) is 0 Å². The number of esters is 2. The van der Waals surface area contributed by atoms with E-state index in [-0.39, 0.29) is 28.6 Å². The fourth-order valence-electron chi connectivity index (χ4n) is 10.0. The largest absolute Gasteiger partial charge is 0.459 e. The minimum absolute atomic E-state index is 0.00551. The molecule has 208 valence electrons. The van der Waals surface area contributed by atoms with Gasteiger partial charge in [0, 0.05) is 13.5 Å². The van der Waals surface area contributed by atoms with E-state index in [0.29, 0.717) is 6.42 Å². The summed E-state index contributed by atoms with van der Waals surface area (Å²) in [5, 5.41) is 0. The minimum Gasteiger partial charge on any atom is -0.459 e. The molecule has 0 aliphatic heterocycles. The van der Waals surface area contributed by atoms with Crippen molar-refractivity contribution in [3.8, 4) is 0 Å². The van der Waals surface area contributed by atoms with E-state index in [9.17, 15) is 14.4 Å². The maximum Gasteiger partial charge on any atom is 0.314 e. The zero-order chi connectivity index (χ0) is 26.6. The van der Waals surface area contributed by atoms with Gasteiger partial charge in [-0.1, -0.05) is 0 Å². The topological polar surface area (TPSA) is 78.9 Å². The molecule has 0 aromatic carbocycles. The highest BCUT2D eigenvalue weighted by atomic mass is 16.7. The van der Waals surface area contributed by atoms with Crippen molar-refractivity contribution in [1.82, 2.24) is 0 Å². The first-order valence-electron chi connectivity index (χ1n) is 14.9. The van der Waals surface area contributed by atoms with Crippen LogP contribution in [-0.2, 0) is 28.6 Å². The van der Waals surface area contributed by atoms with Gasteiger partial charge in [0.2, 0.25) is 0 Å². The van der Waals surface area contributed by atoms with Crippen LogP contribution in [0.4, 0.5) is 0 Å². The lowest BCUT2D eigenvalue weighted by atomic mass is 9.49. The van der Waals surface area contributed by atoms with Crippen LogP contribution in [0.15, 0.2) is 0 Å². The first kappa shape index (κ1) is 27.1. The Morgan fingerprint density at radius 1 is 0.730 bits per heavy atom. The van der Waals surface area contributed by atoms with Crippen molar-refractivity contribution in [2.24, 2.45) is 46.3 Å². The summed E-state index contributed by atoms with van der Waals surface area (Å²) in [4.78, 5) is 36.4. The predicted octanol–water partition coefficient (Wildman–Crippen LogP) is 6.24. The van der Waals surface area contributed by atoms with Crippen LogP contribution in [0.25, 0.3) is 0 Å². The molecule has 6 nitrogen and oxygen atoms in total. The molecule has 0 saturated heterocycles. The quantitative estimate of drug-likeness (QED) is 0.294. The third-order valence-corrected chi connectivity index (χ3v) is 10.6. The van der Waals surface area contributed by atoms with Crippen LogP contribution in [0.3, 0.4) is 0 Å². The van der Waals surface area contributed by atoms with E-state index < -0.39 is 11.9 Å². The molecule has 8 aliphatic rings. The number of rotatable bonds is 7. The van der Waals surface area contributed by atoms with Crippen LogP contribution < -0.4 is 0 Å². The van der Waals surface area contributed by atoms with Gasteiger partial charge in [-0.05, 0) is 140 Å². The van der Waals surface area contributed by atoms with Crippen molar-refractivity contribution in [3.63, 3.8) is 0 Å². The summed E-state index contributed by atoms with van der Waals surface area (Å²) < 4.78 is 16.2. The Morgan fingerprint density at radius 2 is 1.08 bits per heavy atom. The zero-order valence-corrected chi connectivity index (χ0v) is 23.7. The van der Waals surface area contributed by atoms with E-state index in [1.165, 1.54) is 38.5 Å².